The number of likely N-dealkylation sites (N-methyl/N-ethyl adjacent to an activating group) is 1. The number of aromatic nitrogens is 4. The number of aryl methyl sites for hydroxylation is 3. The summed E-state index contributed by atoms with van der Waals surface area (Å²) in [7, 11) is 8.87. The Balaban J connectivity index is 0.855. The number of halogens is 2. The Hall–Kier alpha value is -6.06. The van der Waals surface area contributed by atoms with Gasteiger partial charge in [0.1, 0.15) is 42.2 Å². The summed E-state index contributed by atoms with van der Waals surface area (Å²) in [5.74, 6) is 1.32. The van der Waals surface area contributed by atoms with E-state index < -0.39 is 5.91 Å². The fraction of sp³-hybridized carbons (Fsp3) is 0.647. The van der Waals surface area contributed by atoms with Gasteiger partial charge in [0, 0.05) is 64.6 Å². The van der Waals surface area contributed by atoms with Crippen LogP contribution in [0.5, 0.6) is 11.5 Å². The average Bonchev–Trinajstić information content (AvgIpc) is 0.857. The molecule has 4 aromatic rings. The van der Waals surface area contributed by atoms with Gasteiger partial charge >= 0.3 is 6.03 Å². The minimum atomic E-state index is -0.427. The van der Waals surface area contributed by atoms with Crippen LogP contribution in [-0.4, -0.2) is 218 Å². The first-order chi connectivity index (χ1) is 45.2. The van der Waals surface area contributed by atoms with Gasteiger partial charge in [-0.2, -0.15) is 0 Å². The van der Waals surface area contributed by atoms with Crippen molar-refractivity contribution in [3.05, 3.63) is 87.0 Å². The summed E-state index contributed by atoms with van der Waals surface area (Å²) >= 11 is 12.1. The maximum Gasteiger partial charge on any atom is 0.314 e. The van der Waals surface area contributed by atoms with E-state index in [1.165, 1.54) is 11.1 Å². The molecule has 0 fully saturated rings. The summed E-state index contributed by atoms with van der Waals surface area (Å²) in [4.78, 5) is 66.7. The van der Waals surface area contributed by atoms with Gasteiger partial charge in [0.2, 0.25) is 0 Å². The first kappa shape index (κ1) is 80.4. The lowest BCUT2D eigenvalue weighted by Crippen LogP contribution is -2.54. The van der Waals surface area contributed by atoms with E-state index in [0.717, 1.165) is 111 Å². The van der Waals surface area contributed by atoms with Crippen LogP contribution in [0.2, 0.25) is 10.3 Å². The largest absolute Gasteiger partial charge is 0.491 e. The standard InChI is InChI=1S/C68H108Cl2N12O12/c1-8-16-54(26-31-59(84)60-64(71)77-51(3)62(69)78-60)81(4,5)34-13-18-52-22-27-57(28-23-52)93-49-47-92-45-43-90-41-39-88-37-33-75-68(86)74-32-12-10-11-20-56(83)21-15-36-87-38-40-89-42-44-91-46-48-94-58-29-24-53(25-30-58)19-14-35-82(6,7)55(17-9-2)50-76-67(85)61-65(72)80-66(73)63(70)79-61/h22-25,27-30,54-55H,8-21,26,31-50H2,1-7H3,(H7-2,71,72,73,74,75,76,77,80,84,85,86)/p+2/t54-,55-/m0/s1. The number of urea groups is 1. The molecule has 4 rings (SSSR count). The predicted octanol–water partition coefficient (Wildman–Crippen LogP) is 8.84. The number of ketones is 2. The molecule has 0 radical (unpaired) electrons. The van der Waals surface area contributed by atoms with Crippen LogP contribution in [0, 0.1) is 6.92 Å². The number of benzene rings is 2. The number of amides is 3. The number of nitrogens with one attached hydrogen (secondary N) is 3. The number of anilines is 3. The zero-order valence-corrected chi connectivity index (χ0v) is 58.6. The van der Waals surface area contributed by atoms with Gasteiger partial charge in [-0.15, -0.1) is 0 Å². The number of rotatable bonds is 54. The normalized spacial score (nSPS) is 12.4. The van der Waals surface area contributed by atoms with E-state index in [1.807, 2.05) is 24.3 Å². The van der Waals surface area contributed by atoms with Crippen LogP contribution in [0.4, 0.5) is 22.2 Å². The van der Waals surface area contributed by atoms with Crippen molar-refractivity contribution in [2.24, 2.45) is 0 Å². The highest BCUT2D eigenvalue weighted by molar-refractivity contribution is 6.31. The molecule has 0 unspecified atom stereocenters. The third-order valence-electron chi connectivity index (χ3n) is 16.3. The predicted molar refractivity (Wildman–Crippen MR) is 369 cm³/mol. The van der Waals surface area contributed by atoms with Crippen molar-refractivity contribution >= 4 is 64.2 Å². The maximum atomic E-state index is 13.0. The van der Waals surface area contributed by atoms with Gasteiger partial charge in [0.15, 0.2) is 39.2 Å². The third-order valence-corrected chi connectivity index (χ3v) is 16.9. The van der Waals surface area contributed by atoms with Crippen molar-refractivity contribution in [3.63, 3.8) is 0 Å². The van der Waals surface area contributed by atoms with Crippen LogP contribution < -0.4 is 42.6 Å². The molecule has 2 aromatic heterocycles. The first-order valence-corrected chi connectivity index (χ1v) is 34.3. The topological polar surface area (TPSA) is 308 Å². The maximum absolute atomic E-state index is 13.0. The second-order valence-electron chi connectivity index (χ2n) is 24.5. The van der Waals surface area contributed by atoms with Gasteiger partial charge in [0.05, 0.1) is 132 Å². The molecular weight excluding hydrogens is 1250 g/mol. The molecule has 2 atom stereocenters. The van der Waals surface area contributed by atoms with Gasteiger partial charge in [-0.25, -0.2) is 24.7 Å². The molecule has 526 valence electrons. The molecule has 2 heterocycles. The highest BCUT2D eigenvalue weighted by Gasteiger charge is 2.30. The minimum absolute atomic E-state index is 0.0143. The van der Waals surface area contributed by atoms with E-state index in [1.54, 1.807) is 6.92 Å². The smallest absolute Gasteiger partial charge is 0.314 e. The molecule has 0 bridgehead atoms. The molecule has 3 amide bonds. The number of Topliss-reactive ketones (excluding diaryl/α,β-unsaturated/α-hetero) is 2. The Bertz CT molecular complexity index is 2620. The number of nitrogen functional groups attached to an aromatic ring is 3. The molecule has 26 heteroatoms. The van der Waals surface area contributed by atoms with Crippen LogP contribution in [0.3, 0.4) is 0 Å². The highest BCUT2D eigenvalue weighted by atomic mass is 35.5. The SMILES string of the molecule is CCC[C@@H](CCC(=O)c1nc(Cl)c(C)nc1N)[N+](C)(C)CCCc1ccc(OCCOCCOCCOCCNC(=O)NCCCCCC(=O)CCCOCCOCCOCCOc2ccc(CCC[N+](C)(C)[C@@H](CCC)CNC(=O)c3nc(Cl)c(N)nc3N)cc2)cc1. The van der Waals surface area contributed by atoms with Gasteiger partial charge in [0.25, 0.3) is 5.91 Å². The highest BCUT2D eigenvalue weighted by Crippen LogP contribution is 2.25. The first-order valence-electron chi connectivity index (χ1n) is 33.5. The lowest BCUT2D eigenvalue weighted by Gasteiger charge is -2.38. The molecule has 24 nitrogen and oxygen atoms in total. The van der Waals surface area contributed by atoms with E-state index in [9.17, 15) is 19.2 Å². The van der Waals surface area contributed by atoms with E-state index in [2.05, 4.69) is 102 Å². The monoisotopic (exact) mass is 1360 g/mol. The Morgan fingerprint density at radius 1 is 0.479 bits per heavy atom. The summed E-state index contributed by atoms with van der Waals surface area (Å²) in [5.41, 5.74) is 20.7. The van der Waals surface area contributed by atoms with Crippen molar-refractivity contribution in [2.45, 2.75) is 136 Å². The van der Waals surface area contributed by atoms with E-state index in [-0.39, 0.29) is 62.8 Å². The third kappa shape index (κ3) is 33.1. The number of quaternary nitrogens is 2. The Kier molecular flexibility index (Phi) is 39.5. The second kappa shape index (κ2) is 46.2. The number of carbonyl (C=O) groups excluding carboxylic acids is 4. The number of carbonyl (C=O) groups is 4. The molecule has 94 heavy (non-hydrogen) atoms. The van der Waals surface area contributed by atoms with Crippen molar-refractivity contribution in [1.29, 1.82) is 0 Å². The number of nitrogens with two attached hydrogens (primary N) is 3. The molecule has 2 aromatic carbocycles. The van der Waals surface area contributed by atoms with Crippen LogP contribution >= 0.6 is 23.2 Å². The summed E-state index contributed by atoms with van der Waals surface area (Å²) < 4.78 is 47.1. The van der Waals surface area contributed by atoms with Gasteiger partial charge in [-0.1, -0.05) is 80.6 Å². The Morgan fingerprint density at radius 2 is 0.947 bits per heavy atom. The van der Waals surface area contributed by atoms with Gasteiger partial charge < -0.3 is 80.0 Å². The molecule has 0 aliphatic rings. The Labute approximate surface area is 568 Å². The van der Waals surface area contributed by atoms with Crippen LogP contribution in [0.1, 0.15) is 142 Å². The zero-order valence-electron chi connectivity index (χ0n) is 57.1. The van der Waals surface area contributed by atoms with E-state index in [0.29, 0.717) is 150 Å². The van der Waals surface area contributed by atoms with Crippen molar-refractivity contribution < 1.29 is 66.0 Å². The number of nitrogens with zero attached hydrogens (tertiary/aromatic N) is 6. The van der Waals surface area contributed by atoms with Crippen LogP contribution in [0.15, 0.2) is 48.5 Å². The van der Waals surface area contributed by atoms with Gasteiger partial charge in [-0.3, -0.25) is 14.4 Å². The molecular formula is C68H110Cl2N12O12+2. The number of unbranched alkanes of at least 4 members (excludes halogenated alkanes) is 2. The Morgan fingerprint density at radius 3 is 1.50 bits per heavy atom. The molecule has 0 saturated carbocycles. The van der Waals surface area contributed by atoms with Gasteiger partial charge in [-0.05, 0) is 80.8 Å². The van der Waals surface area contributed by atoms with Crippen LogP contribution in [0.25, 0.3) is 0 Å². The average molecular weight is 1360 g/mol. The second-order valence-corrected chi connectivity index (χ2v) is 25.2. The fourth-order valence-electron chi connectivity index (χ4n) is 10.6. The molecule has 9 N–H and O–H groups in total. The van der Waals surface area contributed by atoms with E-state index in [4.69, 9.17) is 78.3 Å². The molecule has 0 aliphatic carbocycles. The number of ether oxygens (including phenoxy) is 8. The summed E-state index contributed by atoms with van der Waals surface area (Å²) in [5, 5.41) is 8.76. The quantitative estimate of drug-likeness (QED) is 0.0137. The van der Waals surface area contributed by atoms with E-state index >= 15 is 0 Å². The van der Waals surface area contributed by atoms with Crippen molar-refractivity contribution in [3.8, 4) is 11.5 Å². The zero-order chi connectivity index (χ0) is 68.4. The van der Waals surface area contributed by atoms with Crippen molar-refractivity contribution in [1.82, 2.24) is 35.9 Å². The minimum Gasteiger partial charge on any atom is -0.491 e. The molecule has 0 saturated heterocycles. The lowest BCUT2D eigenvalue weighted by molar-refractivity contribution is -0.916. The van der Waals surface area contributed by atoms with Crippen LogP contribution in [-0.2, 0) is 46.1 Å². The fourth-order valence-corrected chi connectivity index (χ4v) is 10.9. The molecule has 0 spiro atoms. The summed E-state index contributed by atoms with van der Waals surface area (Å²) in [6.07, 6.45) is 13.0. The summed E-state index contributed by atoms with van der Waals surface area (Å²) in [6.45, 7) is 15.4. The van der Waals surface area contributed by atoms with Crippen molar-refractivity contribution in [2.75, 3.05) is 171 Å². The lowest BCUT2D eigenvalue weighted by atomic mass is 9.99. The molecule has 0 aliphatic heterocycles. The number of hydrogen-bond acceptors (Lipinski definition) is 19. The summed E-state index contributed by atoms with van der Waals surface area (Å²) in [6, 6.07) is 16.6. The number of hydrogen-bond donors (Lipinski definition) is 6.